The second-order valence-electron chi connectivity index (χ2n) is 5.47. The number of methoxy groups -OCH3 is 1. The molecular weight excluding hydrogens is 449 g/mol. The molecular formula is C18H26IN3O2S. The summed E-state index contributed by atoms with van der Waals surface area (Å²) in [4.78, 5) is 6.63. The third-order valence-corrected chi connectivity index (χ3v) is 4.32. The molecule has 1 aromatic heterocycles. The summed E-state index contributed by atoms with van der Waals surface area (Å²) < 4.78 is 5.20. The van der Waals surface area contributed by atoms with Crippen molar-refractivity contribution in [1.29, 1.82) is 0 Å². The van der Waals surface area contributed by atoms with Gasteiger partial charge in [0.05, 0.1) is 19.8 Å². The molecule has 0 radical (unpaired) electrons. The van der Waals surface area contributed by atoms with Crippen LogP contribution >= 0.6 is 35.3 Å². The second-order valence-corrected chi connectivity index (χ2v) is 6.25. The van der Waals surface area contributed by atoms with E-state index in [1.807, 2.05) is 38.2 Å². The Bertz CT molecular complexity index is 650. The van der Waals surface area contributed by atoms with E-state index >= 15 is 0 Å². The van der Waals surface area contributed by atoms with Crippen LogP contribution in [0.3, 0.4) is 0 Å². The highest BCUT2D eigenvalue weighted by Gasteiger charge is 2.11. The number of hydrogen-bond acceptors (Lipinski definition) is 4. The van der Waals surface area contributed by atoms with E-state index in [-0.39, 0.29) is 24.0 Å². The van der Waals surface area contributed by atoms with Crippen LogP contribution in [0.5, 0.6) is 5.75 Å². The standard InChI is InChI=1S/C18H25N3O2S.HI/c1-4-19-18(21(2)12-14-8-9-24-13-14)20-11-17(22)15-6-5-7-16(10-15)23-3;/h5-10,13,17,22H,4,11-12H2,1-3H3,(H,19,20);1H. The van der Waals surface area contributed by atoms with Gasteiger partial charge in [0, 0.05) is 20.1 Å². The summed E-state index contributed by atoms with van der Waals surface area (Å²) in [6.45, 7) is 3.89. The van der Waals surface area contributed by atoms with Crippen LogP contribution in [0.2, 0.25) is 0 Å². The number of aliphatic hydroxyl groups excluding tert-OH is 1. The number of nitrogens with zero attached hydrogens (tertiary/aromatic N) is 2. The molecule has 0 saturated heterocycles. The Morgan fingerprint density at radius 3 is 2.84 bits per heavy atom. The molecule has 1 heterocycles. The largest absolute Gasteiger partial charge is 0.497 e. The topological polar surface area (TPSA) is 57.1 Å². The monoisotopic (exact) mass is 475 g/mol. The number of rotatable bonds is 7. The predicted molar refractivity (Wildman–Crippen MR) is 115 cm³/mol. The molecule has 0 aliphatic rings. The van der Waals surface area contributed by atoms with E-state index in [0.29, 0.717) is 6.54 Å². The number of ether oxygens (including phenoxy) is 1. The van der Waals surface area contributed by atoms with Crippen LogP contribution in [-0.2, 0) is 6.54 Å². The van der Waals surface area contributed by atoms with Gasteiger partial charge in [-0.2, -0.15) is 11.3 Å². The Morgan fingerprint density at radius 1 is 1.40 bits per heavy atom. The number of guanidine groups is 1. The lowest BCUT2D eigenvalue weighted by Crippen LogP contribution is -2.38. The molecule has 0 saturated carbocycles. The lowest BCUT2D eigenvalue weighted by Gasteiger charge is -2.22. The fourth-order valence-electron chi connectivity index (χ4n) is 2.33. The molecule has 138 valence electrons. The van der Waals surface area contributed by atoms with E-state index in [9.17, 15) is 5.11 Å². The number of halogens is 1. The van der Waals surface area contributed by atoms with Crippen molar-refractivity contribution in [2.75, 3.05) is 27.2 Å². The van der Waals surface area contributed by atoms with Gasteiger partial charge in [-0.1, -0.05) is 12.1 Å². The van der Waals surface area contributed by atoms with E-state index in [0.717, 1.165) is 30.4 Å². The van der Waals surface area contributed by atoms with Gasteiger partial charge in [0.1, 0.15) is 5.75 Å². The molecule has 5 nitrogen and oxygen atoms in total. The van der Waals surface area contributed by atoms with E-state index in [4.69, 9.17) is 4.74 Å². The van der Waals surface area contributed by atoms with Gasteiger partial charge in [-0.25, -0.2) is 0 Å². The fraction of sp³-hybridized carbons (Fsp3) is 0.389. The molecule has 0 aliphatic carbocycles. The molecule has 25 heavy (non-hydrogen) atoms. The quantitative estimate of drug-likeness (QED) is 0.366. The lowest BCUT2D eigenvalue weighted by atomic mass is 10.1. The summed E-state index contributed by atoms with van der Waals surface area (Å²) in [7, 11) is 3.61. The minimum absolute atomic E-state index is 0. The van der Waals surface area contributed by atoms with Crippen molar-refractivity contribution < 1.29 is 9.84 Å². The summed E-state index contributed by atoms with van der Waals surface area (Å²) in [5.41, 5.74) is 2.05. The van der Waals surface area contributed by atoms with Gasteiger partial charge in [0.25, 0.3) is 0 Å². The number of benzene rings is 1. The Kier molecular flexibility index (Phi) is 9.84. The second kappa shape index (κ2) is 11.3. The van der Waals surface area contributed by atoms with Gasteiger partial charge in [0.15, 0.2) is 5.96 Å². The van der Waals surface area contributed by atoms with Gasteiger partial charge in [-0.3, -0.25) is 4.99 Å². The molecule has 2 rings (SSSR count). The first-order valence-corrected chi connectivity index (χ1v) is 8.90. The number of hydrogen-bond donors (Lipinski definition) is 2. The first kappa shape index (κ1) is 21.7. The van der Waals surface area contributed by atoms with Crippen molar-refractivity contribution in [2.45, 2.75) is 19.6 Å². The van der Waals surface area contributed by atoms with E-state index in [2.05, 4.69) is 32.0 Å². The first-order valence-electron chi connectivity index (χ1n) is 7.96. The molecule has 0 spiro atoms. The zero-order valence-corrected chi connectivity index (χ0v) is 18.0. The molecule has 0 amide bonds. The molecule has 2 N–H and O–H groups in total. The van der Waals surface area contributed by atoms with Crippen LogP contribution in [-0.4, -0.2) is 43.2 Å². The average molecular weight is 475 g/mol. The number of nitrogens with one attached hydrogen (secondary N) is 1. The van der Waals surface area contributed by atoms with Crippen LogP contribution < -0.4 is 10.1 Å². The minimum atomic E-state index is -0.664. The number of aliphatic imine (C=N–C) groups is 1. The maximum absolute atomic E-state index is 10.4. The highest BCUT2D eigenvalue weighted by molar-refractivity contribution is 14.0. The van der Waals surface area contributed by atoms with Crippen molar-refractivity contribution in [1.82, 2.24) is 10.2 Å². The van der Waals surface area contributed by atoms with Gasteiger partial charge in [-0.05, 0) is 47.0 Å². The van der Waals surface area contributed by atoms with Crippen molar-refractivity contribution >= 4 is 41.3 Å². The molecule has 7 heteroatoms. The number of thiophene rings is 1. The summed E-state index contributed by atoms with van der Waals surface area (Å²) >= 11 is 1.69. The molecule has 1 atom stereocenters. The zero-order chi connectivity index (χ0) is 17.4. The Morgan fingerprint density at radius 2 is 2.20 bits per heavy atom. The average Bonchev–Trinajstić information content (AvgIpc) is 3.11. The SMILES string of the molecule is CCNC(=NCC(O)c1cccc(OC)c1)N(C)Cc1ccsc1.I. The summed E-state index contributed by atoms with van der Waals surface area (Å²) in [5, 5.41) is 17.9. The number of aliphatic hydroxyl groups is 1. The molecule has 0 aliphatic heterocycles. The van der Waals surface area contributed by atoms with Crippen LogP contribution in [0.1, 0.15) is 24.2 Å². The smallest absolute Gasteiger partial charge is 0.194 e. The summed E-state index contributed by atoms with van der Waals surface area (Å²) in [5.74, 6) is 1.52. The molecule has 1 aromatic carbocycles. The van der Waals surface area contributed by atoms with Crippen molar-refractivity contribution in [3.05, 3.63) is 52.2 Å². The van der Waals surface area contributed by atoms with Gasteiger partial charge < -0.3 is 20.1 Å². The van der Waals surface area contributed by atoms with Crippen LogP contribution in [0, 0.1) is 0 Å². The third-order valence-electron chi connectivity index (χ3n) is 3.59. The van der Waals surface area contributed by atoms with Gasteiger partial charge in [-0.15, -0.1) is 24.0 Å². The predicted octanol–water partition coefficient (Wildman–Crippen LogP) is 3.51. The summed E-state index contributed by atoms with van der Waals surface area (Å²) in [6.07, 6.45) is -0.664. The molecule has 2 aromatic rings. The lowest BCUT2D eigenvalue weighted by molar-refractivity contribution is 0.186. The Hall–Kier alpha value is -1.32. The Balaban J connectivity index is 0.00000312. The fourth-order valence-corrected chi connectivity index (χ4v) is 2.99. The molecule has 0 bridgehead atoms. The van der Waals surface area contributed by atoms with E-state index in [1.54, 1.807) is 18.4 Å². The van der Waals surface area contributed by atoms with Crippen LogP contribution in [0.4, 0.5) is 0 Å². The normalized spacial score (nSPS) is 12.2. The highest BCUT2D eigenvalue weighted by atomic mass is 127. The van der Waals surface area contributed by atoms with Crippen molar-refractivity contribution in [3.63, 3.8) is 0 Å². The minimum Gasteiger partial charge on any atom is -0.497 e. The maximum atomic E-state index is 10.4. The molecule has 0 fully saturated rings. The van der Waals surface area contributed by atoms with E-state index < -0.39 is 6.10 Å². The van der Waals surface area contributed by atoms with Crippen molar-refractivity contribution in [2.24, 2.45) is 4.99 Å². The third kappa shape index (κ3) is 6.83. The Labute approximate surface area is 170 Å². The van der Waals surface area contributed by atoms with Crippen LogP contribution in [0.25, 0.3) is 0 Å². The van der Waals surface area contributed by atoms with Crippen LogP contribution in [0.15, 0.2) is 46.1 Å². The van der Waals surface area contributed by atoms with Gasteiger partial charge >= 0.3 is 0 Å². The first-order chi connectivity index (χ1) is 11.6. The molecule has 1 unspecified atom stereocenters. The summed E-state index contributed by atoms with van der Waals surface area (Å²) in [6, 6.07) is 9.55. The van der Waals surface area contributed by atoms with E-state index in [1.165, 1.54) is 5.56 Å². The van der Waals surface area contributed by atoms with Crippen molar-refractivity contribution in [3.8, 4) is 5.75 Å². The maximum Gasteiger partial charge on any atom is 0.194 e. The highest BCUT2D eigenvalue weighted by Crippen LogP contribution is 2.19. The van der Waals surface area contributed by atoms with Gasteiger partial charge in [0.2, 0.25) is 0 Å². The zero-order valence-electron chi connectivity index (χ0n) is 14.8.